The van der Waals surface area contributed by atoms with Crippen molar-refractivity contribution in [3.05, 3.63) is 82.8 Å². The Morgan fingerprint density at radius 1 is 1.19 bits per heavy atom. The number of aromatic nitrogens is 4. The zero-order valence-corrected chi connectivity index (χ0v) is 19.2. The lowest BCUT2D eigenvalue weighted by Gasteiger charge is -2.29. The lowest BCUT2D eigenvalue weighted by Crippen LogP contribution is -2.26. The van der Waals surface area contributed by atoms with Crippen molar-refractivity contribution in [2.24, 2.45) is 0 Å². The molecule has 3 aromatic rings. The third-order valence-corrected chi connectivity index (χ3v) is 6.05. The van der Waals surface area contributed by atoms with Gasteiger partial charge in [-0.3, -0.25) is 4.79 Å². The van der Waals surface area contributed by atoms with Gasteiger partial charge in [0.05, 0.1) is 34.9 Å². The van der Waals surface area contributed by atoms with Gasteiger partial charge in [-0.15, -0.1) is 16.4 Å². The second-order valence-corrected chi connectivity index (χ2v) is 10.1. The molecule has 0 bridgehead atoms. The van der Waals surface area contributed by atoms with E-state index < -0.39 is 20.4 Å². The van der Waals surface area contributed by atoms with Crippen LogP contribution in [0.1, 0.15) is 12.0 Å². The highest BCUT2D eigenvalue weighted by Gasteiger charge is 2.37. The number of rotatable bonds is 4. The standard InChI is InChI=1S/C20H12Cl2F2IN5O/c21-16-7-13(10-26-18(16)30-27-5-6-28-30)29-19(31)14-9-20(22,25)15(8-17(14)24)11-1-3-12(23)4-2-11/h1-8,10H,9H2,(H,29,31). The van der Waals surface area contributed by atoms with E-state index in [1.807, 2.05) is 22.6 Å². The number of hydrogen-bond donors (Lipinski definition) is 1. The van der Waals surface area contributed by atoms with Gasteiger partial charge in [0, 0.05) is 6.42 Å². The van der Waals surface area contributed by atoms with Crippen molar-refractivity contribution >= 4 is 63.0 Å². The molecular weight excluding hydrogens is 562 g/mol. The summed E-state index contributed by atoms with van der Waals surface area (Å²) in [5, 5.41) is 10.7. The molecule has 2 heterocycles. The van der Waals surface area contributed by atoms with Crippen LogP contribution in [0.2, 0.25) is 5.02 Å². The summed E-state index contributed by atoms with van der Waals surface area (Å²) in [6.45, 7) is 0. The highest BCUT2D eigenvalue weighted by molar-refractivity contribution is 14.1. The van der Waals surface area contributed by atoms with E-state index in [0.29, 0.717) is 11.1 Å². The van der Waals surface area contributed by atoms with Crippen LogP contribution in [0.15, 0.2) is 66.4 Å². The molecular formula is C20H12Cl2F2IN5O. The maximum Gasteiger partial charge on any atom is 0.254 e. The van der Waals surface area contributed by atoms with E-state index in [1.54, 1.807) is 0 Å². The summed E-state index contributed by atoms with van der Waals surface area (Å²) >= 11 is 14.8. The fourth-order valence-corrected chi connectivity index (χ4v) is 4.40. The van der Waals surface area contributed by atoms with Crippen molar-refractivity contribution in [3.63, 3.8) is 0 Å². The number of nitrogens with one attached hydrogen (secondary N) is 1. The average Bonchev–Trinajstić information content (AvgIpc) is 3.25. The lowest BCUT2D eigenvalue weighted by atomic mass is 9.91. The molecule has 1 aliphatic carbocycles. The number of amides is 1. The molecule has 1 amide bonds. The Labute approximate surface area is 199 Å². The topological polar surface area (TPSA) is 72.7 Å². The molecule has 1 atom stereocenters. The van der Waals surface area contributed by atoms with Crippen LogP contribution < -0.4 is 5.32 Å². The molecule has 0 spiro atoms. The van der Waals surface area contributed by atoms with Gasteiger partial charge in [-0.2, -0.15) is 10.2 Å². The number of halogens is 5. The number of benzene rings is 1. The van der Waals surface area contributed by atoms with Crippen molar-refractivity contribution in [3.8, 4) is 5.82 Å². The number of carbonyl (C=O) groups excluding carboxylic acids is 1. The molecule has 1 N–H and O–H groups in total. The maximum absolute atomic E-state index is 14.8. The summed E-state index contributed by atoms with van der Waals surface area (Å²) in [5.41, 5.74) is 1.17. The molecule has 6 nitrogen and oxygen atoms in total. The second-order valence-electron chi connectivity index (χ2n) is 6.57. The Morgan fingerprint density at radius 2 is 1.87 bits per heavy atom. The van der Waals surface area contributed by atoms with Crippen LogP contribution in [-0.4, -0.2) is 28.8 Å². The Hall–Kier alpha value is -2.37. The first-order chi connectivity index (χ1) is 14.7. The molecule has 1 aromatic carbocycles. The highest BCUT2D eigenvalue weighted by atomic mass is 127. The molecule has 0 fully saturated rings. The predicted octanol–water partition coefficient (Wildman–Crippen LogP) is 5.47. The SMILES string of the molecule is O=C(Nc1cnc(-n2nccn2)c(Cl)c1)C1=C(F)C=C(c2ccc(F)cc2)C(Cl)(I)C1. The quantitative estimate of drug-likeness (QED) is 0.332. The number of carbonyl (C=O) groups is 1. The first-order valence-electron chi connectivity index (χ1n) is 8.83. The summed E-state index contributed by atoms with van der Waals surface area (Å²) in [6.07, 6.45) is 5.43. The molecule has 1 unspecified atom stereocenters. The Morgan fingerprint density at radius 3 is 2.52 bits per heavy atom. The van der Waals surface area contributed by atoms with Crippen LogP contribution in [0.5, 0.6) is 0 Å². The van der Waals surface area contributed by atoms with E-state index >= 15 is 0 Å². The maximum atomic E-state index is 14.8. The van der Waals surface area contributed by atoms with Crippen LogP contribution in [0, 0.1) is 5.82 Å². The average molecular weight is 574 g/mol. The number of hydrogen-bond acceptors (Lipinski definition) is 4. The van der Waals surface area contributed by atoms with Crippen LogP contribution in [0.3, 0.4) is 0 Å². The molecule has 4 rings (SSSR count). The predicted molar refractivity (Wildman–Crippen MR) is 123 cm³/mol. The summed E-state index contributed by atoms with van der Waals surface area (Å²) in [7, 11) is 0. The lowest BCUT2D eigenvalue weighted by molar-refractivity contribution is -0.113. The molecule has 31 heavy (non-hydrogen) atoms. The van der Waals surface area contributed by atoms with Crippen LogP contribution in [0.25, 0.3) is 11.4 Å². The van der Waals surface area contributed by atoms with E-state index in [-0.39, 0.29) is 28.5 Å². The number of nitrogens with zero attached hydrogens (tertiary/aromatic N) is 4. The minimum atomic E-state index is -1.09. The molecule has 0 aliphatic heterocycles. The van der Waals surface area contributed by atoms with Gasteiger partial charge in [0.2, 0.25) is 0 Å². The largest absolute Gasteiger partial charge is 0.321 e. The number of allylic oxidation sites excluding steroid dienone is 3. The van der Waals surface area contributed by atoms with E-state index in [2.05, 4.69) is 20.5 Å². The minimum absolute atomic E-state index is 0.0769. The summed E-state index contributed by atoms with van der Waals surface area (Å²) in [4.78, 5) is 18.1. The van der Waals surface area contributed by atoms with E-state index in [0.717, 1.165) is 0 Å². The minimum Gasteiger partial charge on any atom is -0.321 e. The molecule has 158 valence electrons. The van der Waals surface area contributed by atoms with Crippen LogP contribution in [-0.2, 0) is 4.79 Å². The summed E-state index contributed by atoms with van der Waals surface area (Å²) in [6, 6.07) is 7.02. The summed E-state index contributed by atoms with van der Waals surface area (Å²) in [5.74, 6) is -1.52. The third-order valence-electron chi connectivity index (χ3n) is 4.47. The highest BCUT2D eigenvalue weighted by Crippen LogP contribution is 2.48. The van der Waals surface area contributed by atoms with E-state index in [1.165, 1.54) is 59.8 Å². The molecule has 11 heteroatoms. The van der Waals surface area contributed by atoms with E-state index in [9.17, 15) is 13.6 Å². The van der Waals surface area contributed by atoms with Gasteiger partial charge in [0.1, 0.15) is 14.5 Å². The van der Waals surface area contributed by atoms with Gasteiger partial charge < -0.3 is 5.32 Å². The fraction of sp³-hybridized carbons (Fsp3) is 0.100. The molecule has 2 aromatic heterocycles. The summed E-state index contributed by atoms with van der Waals surface area (Å²) < 4.78 is 27.0. The Bertz CT molecular complexity index is 1210. The van der Waals surface area contributed by atoms with Gasteiger partial charge >= 0.3 is 0 Å². The van der Waals surface area contributed by atoms with Gasteiger partial charge in [0.15, 0.2) is 5.82 Å². The molecule has 0 saturated heterocycles. The van der Waals surface area contributed by atoms with Crippen molar-refractivity contribution in [1.82, 2.24) is 20.0 Å². The first-order valence-corrected chi connectivity index (χ1v) is 10.7. The zero-order valence-electron chi connectivity index (χ0n) is 15.5. The fourth-order valence-electron chi connectivity index (χ4n) is 3.01. The van der Waals surface area contributed by atoms with Crippen molar-refractivity contribution in [2.75, 3.05) is 5.32 Å². The smallest absolute Gasteiger partial charge is 0.254 e. The van der Waals surface area contributed by atoms with Crippen molar-refractivity contribution in [1.29, 1.82) is 0 Å². The van der Waals surface area contributed by atoms with Crippen LogP contribution >= 0.6 is 45.8 Å². The Balaban J connectivity index is 1.59. The Kier molecular flexibility index (Phi) is 6.09. The normalized spacial score (nSPS) is 18.7. The number of anilines is 1. The monoisotopic (exact) mass is 573 g/mol. The molecule has 1 aliphatic rings. The van der Waals surface area contributed by atoms with E-state index in [4.69, 9.17) is 23.2 Å². The first kappa shape index (κ1) is 21.8. The second kappa shape index (κ2) is 8.64. The number of pyridine rings is 1. The number of alkyl halides is 2. The zero-order chi connectivity index (χ0) is 22.2. The van der Waals surface area contributed by atoms with Crippen LogP contribution in [0.4, 0.5) is 14.5 Å². The van der Waals surface area contributed by atoms with Crippen molar-refractivity contribution < 1.29 is 13.6 Å². The van der Waals surface area contributed by atoms with Crippen molar-refractivity contribution in [2.45, 2.75) is 9.30 Å². The third kappa shape index (κ3) is 4.63. The molecule has 0 radical (unpaired) electrons. The molecule has 0 saturated carbocycles. The van der Waals surface area contributed by atoms with Gasteiger partial charge in [-0.25, -0.2) is 13.8 Å². The van der Waals surface area contributed by atoms with Gasteiger partial charge in [0.25, 0.3) is 5.91 Å². The van der Waals surface area contributed by atoms with Gasteiger partial charge in [-0.05, 0) is 35.4 Å². The van der Waals surface area contributed by atoms with Gasteiger partial charge in [-0.1, -0.05) is 46.3 Å².